The molecule has 3 nitrogen and oxygen atoms in total. The Morgan fingerprint density at radius 3 is 2.50 bits per heavy atom. The number of benzene rings is 2. The smallest absolute Gasteiger partial charge is 0.127 e. The number of hydrogen-bond donors (Lipinski definition) is 1. The fourth-order valence-electron chi connectivity index (χ4n) is 2.26. The summed E-state index contributed by atoms with van der Waals surface area (Å²) < 4.78 is 10.6. The first-order valence-electron chi connectivity index (χ1n) is 6.76. The van der Waals surface area contributed by atoms with Gasteiger partial charge in [0.1, 0.15) is 11.5 Å². The summed E-state index contributed by atoms with van der Waals surface area (Å²) >= 11 is 0. The molecule has 0 amide bonds. The molecule has 0 bridgehead atoms. The molecule has 1 atom stereocenters. The van der Waals surface area contributed by atoms with Crippen LogP contribution in [0.2, 0.25) is 0 Å². The third-order valence-corrected chi connectivity index (χ3v) is 3.49. The Hall–Kier alpha value is -2.00. The molecule has 0 aliphatic rings. The Kier molecular flexibility index (Phi) is 4.64. The van der Waals surface area contributed by atoms with E-state index in [4.69, 9.17) is 15.2 Å². The normalized spacial score (nSPS) is 12.0. The molecule has 0 heterocycles. The highest BCUT2D eigenvalue weighted by Crippen LogP contribution is 2.31. The number of ether oxygens (including phenoxy) is 2. The van der Waals surface area contributed by atoms with Crippen LogP contribution in [0, 0.1) is 0 Å². The highest BCUT2D eigenvalue weighted by Gasteiger charge is 2.15. The van der Waals surface area contributed by atoms with E-state index >= 15 is 0 Å². The quantitative estimate of drug-likeness (QED) is 0.907. The summed E-state index contributed by atoms with van der Waals surface area (Å²) in [5, 5.41) is 0. The zero-order chi connectivity index (χ0) is 14.5. The number of aryl methyl sites for hydroxylation is 1. The Labute approximate surface area is 120 Å². The van der Waals surface area contributed by atoms with Gasteiger partial charge in [-0.2, -0.15) is 0 Å². The lowest BCUT2D eigenvalue weighted by Crippen LogP contribution is -2.13. The lowest BCUT2D eigenvalue weighted by Gasteiger charge is -2.17. The highest BCUT2D eigenvalue weighted by atomic mass is 16.5. The minimum atomic E-state index is -0.206. The molecule has 3 heteroatoms. The van der Waals surface area contributed by atoms with Gasteiger partial charge in [-0.1, -0.05) is 31.2 Å². The predicted molar refractivity (Wildman–Crippen MR) is 81.4 cm³/mol. The standard InChI is InChI=1S/C17H21NO2/c1-4-12-6-5-7-13(10-12)17(18)15-9-8-14(19-2)11-16(15)20-3/h5-11,17H,4,18H2,1-3H3. The van der Waals surface area contributed by atoms with Crippen molar-refractivity contribution in [1.82, 2.24) is 0 Å². The van der Waals surface area contributed by atoms with Gasteiger partial charge in [-0.15, -0.1) is 0 Å². The molecule has 1 unspecified atom stereocenters. The van der Waals surface area contributed by atoms with E-state index in [2.05, 4.69) is 19.1 Å². The van der Waals surface area contributed by atoms with Gasteiger partial charge in [0.05, 0.1) is 20.3 Å². The third kappa shape index (κ3) is 2.94. The van der Waals surface area contributed by atoms with Crippen molar-refractivity contribution in [1.29, 1.82) is 0 Å². The maximum absolute atomic E-state index is 6.39. The summed E-state index contributed by atoms with van der Waals surface area (Å²) in [6.07, 6.45) is 1.00. The van der Waals surface area contributed by atoms with Crippen molar-refractivity contribution in [2.45, 2.75) is 19.4 Å². The second-order valence-electron chi connectivity index (χ2n) is 4.68. The Bertz CT molecular complexity index is 581. The van der Waals surface area contributed by atoms with Crippen LogP contribution in [0.1, 0.15) is 29.7 Å². The number of rotatable bonds is 5. The monoisotopic (exact) mass is 271 g/mol. The van der Waals surface area contributed by atoms with Crippen LogP contribution in [-0.2, 0) is 6.42 Å². The molecule has 106 valence electrons. The topological polar surface area (TPSA) is 44.5 Å². The van der Waals surface area contributed by atoms with Crippen molar-refractivity contribution in [3.05, 3.63) is 59.2 Å². The molecule has 0 radical (unpaired) electrons. The summed E-state index contributed by atoms with van der Waals surface area (Å²) in [6.45, 7) is 2.14. The lowest BCUT2D eigenvalue weighted by atomic mass is 9.96. The van der Waals surface area contributed by atoms with Gasteiger partial charge in [0, 0.05) is 11.6 Å². The molecule has 20 heavy (non-hydrogen) atoms. The summed E-state index contributed by atoms with van der Waals surface area (Å²) in [6, 6.07) is 13.9. The maximum Gasteiger partial charge on any atom is 0.127 e. The largest absolute Gasteiger partial charge is 0.497 e. The van der Waals surface area contributed by atoms with Crippen LogP contribution < -0.4 is 15.2 Å². The first-order valence-corrected chi connectivity index (χ1v) is 6.76. The fourth-order valence-corrected chi connectivity index (χ4v) is 2.26. The number of hydrogen-bond acceptors (Lipinski definition) is 3. The van der Waals surface area contributed by atoms with Crippen LogP contribution >= 0.6 is 0 Å². The molecule has 0 aliphatic carbocycles. The van der Waals surface area contributed by atoms with Gasteiger partial charge < -0.3 is 15.2 Å². The van der Waals surface area contributed by atoms with Crippen LogP contribution in [0.25, 0.3) is 0 Å². The van der Waals surface area contributed by atoms with Gasteiger partial charge in [0.15, 0.2) is 0 Å². The number of methoxy groups -OCH3 is 2. The zero-order valence-electron chi connectivity index (χ0n) is 12.2. The third-order valence-electron chi connectivity index (χ3n) is 3.49. The van der Waals surface area contributed by atoms with Gasteiger partial charge in [0.2, 0.25) is 0 Å². The molecule has 0 saturated carbocycles. The minimum absolute atomic E-state index is 0.206. The van der Waals surface area contributed by atoms with Crippen molar-refractivity contribution in [3.63, 3.8) is 0 Å². The molecule has 2 aromatic rings. The molecule has 0 saturated heterocycles. The van der Waals surface area contributed by atoms with Crippen LogP contribution in [-0.4, -0.2) is 14.2 Å². The molecular weight excluding hydrogens is 250 g/mol. The molecule has 0 fully saturated rings. The van der Waals surface area contributed by atoms with E-state index in [-0.39, 0.29) is 6.04 Å². The number of nitrogens with two attached hydrogens (primary N) is 1. The van der Waals surface area contributed by atoms with Gasteiger partial charge in [-0.25, -0.2) is 0 Å². The van der Waals surface area contributed by atoms with E-state index in [1.165, 1.54) is 5.56 Å². The average molecular weight is 271 g/mol. The second kappa shape index (κ2) is 6.44. The van der Waals surface area contributed by atoms with Gasteiger partial charge in [-0.05, 0) is 29.7 Å². The molecule has 2 rings (SSSR count). The van der Waals surface area contributed by atoms with Crippen LogP contribution in [0.3, 0.4) is 0 Å². The summed E-state index contributed by atoms with van der Waals surface area (Å²) in [5.41, 5.74) is 9.72. The van der Waals surface area contributed by atoms with Crippen LogP contribution in [0.5, 0.6) is 11.5 Å². The van der Waals surface area contributed by atoms with Gasteiger partial charge in [-0.3, -0.25) is 0 Å². The lowest BCUT2D eigenvalue weighted by molar-refractivity contribution is 0.390. The molecule has 2 aromatic carbocycles. The summed E-state index contributed by atoms with van der Waals surface area (Å²) in [4.78, 5) is 0. The second-order valence-corrected chi connectivity index (χ2v) is 4.68. The van der Waals surface area contributed by atoms with Gasteiger partial charge >= 0.3 is 0 Å². The SMILES string of the molecule is CCc1cccc(C(N)c2ccc(OC)cc2OC)c1. The van der Waals surface area contributed by atoms with E-state index in [1.807, 2.05) is 30.3 Å². The maximum atomic E-state index is 6.39. The van der Waals surface area contributed by atoms with Crippen molar-refractivity contribution >= 4 is 0 Å². The summed E-state index contributed by atoms with van der Waals surface area (Å²) in [5.74, 6) is 1.51. The Balaban J connectivity index is 2.39. The van der Waals surface area contributed by atoms with Crippen molar-refractivity contribution < 1.29 is 9.47 Å². The fraction of sp³-hybridized carbons (Fsp3) is 0.294. The van der Waals surface area contributed by atoms with E-state index in [9.17, 15) is 0 Å². The van der Waals surface area contributed by atoms with E-state index in [0.717, 1.165) is 29.0 Å². The molecule has 0 aromatic heterocycles. The first-order chi connectivity index (χ1) is 9.69. The molecule has 2 N–H and O–H groups in total. The van der Waals surface area contributed by atoms with Crippen LogP contribution in [0.15, 0.2) is 42.5 Å². The summed E-state index contributed by atoms with van der Waals surface area (Å²) in [7, 11) is 3.28. The molecule has 0 spiro atoms. The van der Waals surface area contributed by atoms with Crippen molar-refractivity contribution in [2.75, 3.05) is 14.2 Å². The Morgan fingerprint density at radius 2 is 1.85 bits per heavy atom. The van der Waals surface area contributed by atoms with E-state index in [0.29, 0.717) is 0 Å². The van der Waals surface area contributed by atoms with Crippen molar-refractivity contribution in [2.24, 2.45) is 5.73 Å². The molecular formula is C17H21NO2. The highest BCUT2D eigenvalue weighted by molar-refractivity contribution is 5.46. The first kappa shape index (κ1) is 14.4. The van der Waals surface area contributed by atoms with Gasteiger partial charge in [0.25, 0.3) is 0 Å². The average Bonchev–Trinajstić information content (AvgIpc) is 2.53. The Morgan fingerprint density at radius 1 is 1.05 bits per heavy atom. The molecule has 0 aliphatic heterocycles. The predicted octanol–water partition coefficient (Wildman–Crippen LogP) is 3.31. The van der Waals surface area contributed by atoms with Crippen molar-refractivity contribution in [3.8, 4) is 11.5 Å². The van der Waals surface area contributed by atoms with E-state index < -0.39 is 0 Å². The minimum Gasteiger partial charge on any atom is -0.497 e. The van der Waals surface area contributed by atoms with E-state index in [1.54, 1.807) is 14.2 Å². The van der Waals surface area contributed by atoms with Crippen LogP contribution in [0.4, 0.5) is 0 Å². The zero-order valence-corrected chi connectivity index (χ0v) is 12.2.